The molecule has 0 aliphatic carbocycles. The average Bonchev–Trinajstić information content (AvgIpc) is 2.42. The topological polar surface area (TPSA) is 59.4 Å². The first-order valence-electron chi connectivity index (χ1n) is 5.87. The summed E-state index contributed by atoms with van der Waals surface area (Å²) in [5.41, 5.74) is 0.699. The number of rotatable bonds is 4. The van der Waals surface area contributed by atoms with Gasteiger partial charge in [0, 0.05) is 11.1 Å². The van der Waals surface area contributed by atoms with Crippen LogP contribution in [0.2, 0.25) is 10.0 Å². The SMILES string of the molecule is CCc1cc(Oc2ccc(Cl)c(C(=O)O)n2)ccc1Cl. The van der Waals surface area contributed by atoms with Gasteiger partial charge in [0.1, 0.15) is 5.75 Å². The summed E-state index contributed by atoms with van der Waals surface area (Å²) in [7, 11) is 0. The van der Waals surface area contributed by atoms with Crippen molar-refractivity contribution in [3.8, 4) is 11.6 Å². The lowest BCUT2D eigenvalue weighted by molar-refractivity contribution is 0.0690. The molecule has 104 valence electrons. The second-order valence-corrected chi connectivity index (χ2v) is 4.81. The molecule has 0 unspecified atom stereocenters. The number of ether oxygens (including phenoxy) is 1. The maximum absolute atomic E-state index is 11.0. The predicted octanol–water partition coefficient (Wildman–Crippen LogP) is 4.44. The van der Waals surface area contributed by atoms with Crippen molar-refractivity contribution >= 4 is 29.2 Å². The number of pyridine rings is 1. The molecule has 0 bridgehead atoms. The molecule has 0 atom stereocenters. The highest BCUT2D eigenvalue weighted by Gasteiger charge is 2.12. The molecule has 0 saturated carbocycles. The van der Waals surface area contributed by atoms with Crippen LogP contribution < -0.4 is 4.74 Å². The van der Waals surface area contributed by atoms with Gasteiger partial charge in [0.05, 0.1) is 5.02 Å². The van der Waals surface area contributed by atoms with Crippen LogP contribution >= 0.6 is 23.2 Å². The zero-order valence-corrected chi connectivity index (χ0v) is 12.1. The fraction of sp³-hybridized carbons (Fsp3) is 0.143. The van der Waals surface area contributed by atoms with E-state index >= 15 is 0 Å². The standard InChI is InChI=1S/C14H11Cl2NO3/c1-2-8-7-9(3-4-10(8)15)20-12-6-5-11(16)13(17-12)14(18)19/h3-7H,2H2,1H3,(H,18,19). The number of benzene rings is 1. The first-order chi connectivity index (χ1) is 9.51. The number of carboxylic acids is 1. The normalized spacial score (nSPS) is 10.3. The maximum atomic E-state index is 11.0. The smallest absolute Gasteiger partial charge is 0.356 e. The number of carbonyl (C=O) groups is 1. The highest BCUT2D eigenvalue weighted by molar-refractivity contribution is 6.33. The van der Waals surface area contributed by atoms with Gasteiger partial charge in [-0.2, -0.15) is 0 Å². The fourth-order valence-electron chi connectivity index (χ4n) is 1.64. The third-order valence-electron chi connectivity index (χ3n) is 2.64. The van der Waals surface area contributed by atoms with Crippen LogP contribution in [0.3, 0.4) is 0 Å². The number of carboxylic acid groups (broad SMARTS) is 1. The van der Waals surface area contributed by atoms with Gasteiger partial charge >= 0.3 is 5.97 Å². The zero-order valence-electron chi connectivity index (χ0n) is 10.6. The largest absolute Gasteiger partial charge is 0.476 e. The van der Waals surface area contributed by atoms with Gasteiger partial charge in [-0.3, -0.25) is 0 Å². The lowest BCUT2D eigenvalue weighted by Crippen LogP contribution is -2.02. The quantitative estimate of drug-likeness (QED) is 0.906. The maximum Gasteiger partial charge on any atom is 0.356 e. The summed E-state index contributed by atoms with van der Waals surface area (Å²) in [6.07, 6.45) is 0.768. The van der Waals surface area contributed by atoms with E-state index in [1.807, 2.05) is 6.92 Å². The Morgan fingerprint density at radius 1 is 1.25 bits per heavy atom. The Kier molecular flexibility index (Phi) is 4.47. The Hall–Kier alpha value is -1.78. The van der Waals surface area contributed by atoms with Gasteiger partial charge in [-0.15, -0.1) is 0 Å². The van der Waals surface area contributed by atoms with E-state index in [0.29, 0.717) is 10.8 Å². The third-order valence-corrected chi connectivity index (χ3v) is 3.32. The Labute approximate surface area is 125 Å². The molecular weight excluding hydrogens is 301 g/mol. The molecule has 2 aromatic rings. The molecule has 0 aliphatic rings. The molecule has 1 aromatic heterocycles. The van der Waals surface area contributed by atoms with E-state index in [2.05, 4.69) is 4.98 Å². The van der Waals surface area contributed by atoms with E-state index in [0.717, 1.165) is 12.0 Å². The molecule has 6 heteroatoms. The van der Waals surface area contributed by atoms with Crippen LogP contribution in [-0.4, -0.2) is 16.1 Å². The molecule has 1 heterocycles. The fourth-order valence-corrected chi connectivity index (χ4v) is 2.07. The Morgan fingerprint density at radius 2 is 1.95 bits per heavy atom. The molecule has 1 N–H and O–H groups in total. The van der Waals surface area contributed by atoms with Crippen molar-refractivity contribution in [3.63, 3.8) is 0 Å². The highest BCUT2D eigenvalue weighted by Crippen LogP contribution is 2.27. The summed E-state index contributed by atoms with van der Waals surface area (Å²) in [5, 5.41) is 9.68. The Balaban J connectivity index is 2.30. The summed E-state index contributed by atoms with van der Waals surface area (Å²) in [6, 6.07) is 8.15. The van der Waals surface area contributed by atoms with E-state index in [1.165, 1.54) is 12.1 Å². The van der Waals surface area contributed by atoms with Gasteiger partial charge in [-0.1, -0.05) is 30.1 Å². The van der Waals surface area contributed by atoms with E-state index < -0.39 is 5.97 Å². The van der Waals surface area contributed by atoms with E-state index in [9.17, 15) is 4.79 Å². The summed E-state index contributed by atoms with van der Waals surface area (Å²) in [6.45, 7) is 1.98. The number of aryl methyl sites for hydroxylation is 1. The second kappa shape index (κ2) is 6.11. The molecular formula is C14H11Cl2NO3. The first-order valence-corrected chi connectivity index (χ1v) is 6.63. The van der Waals surface area contributed by atoms with Crippen LogP contribution in [0.4, 0.5) is 0 Å². The predicted molar refractivity (Wildman–Crippen MR) is 77.1 cm³/mol. The number of nitrogens with zero attached hydrogens (tertiary/aromatic N) is 1. The van der Waals surface area contributed by atoms with Gasteiger partial charge in [-0.05, 0) is 36.2 Å². The van der Waals surface area contributed by atoms with Crippen molar-refractivity contribution in [2.75, 3.05) is 0 Å². The lowest BCUT2D eigenvalue weighted by Gasteiger charge is -2.08. The van der Waals surface area contributed by atoms with Crippen molar-refractivity contribution < 1.29 is 14.6 Å². The molecule has 0 aliphatic heterocycles. The minimum Gasteiger partial charge on any atom is -0.476 e. The minimum absolute atomic E-state index is 0.0650. The lowest BCUT2D eigenvalue weighted by atomic mass is 10.1. The van der Waals surface area contributed by atoms with Crippen LogP contribution in [0.1, 0.15) is 23.0 Å². The van der Waals surface area contributed by atoms with Crippen LogP contribution in [0.25, 0.3) is 0 Å². The van der Waals surface area contributed by atoms with Crippen molar-refractivity contribution in [2.24, 2.45) is 0 Å². The number of aromatic carboxylic acids is 1. The first kappa shape index (κ1) is 14.6. The number of aromatic nitrogens is 1. The third kappa shape index (κ3) is 3.21. The summed E-state index contributed by atoms with van der Waals surface area (Å²) < 4.78 is 5.53. The average molecular weight is 312 g/mol. The van der Waals surface area contributed by atoms with Crippen LogP contribution in [0.5, 0.6) is 11.6 Å². The number of hydrogen-bond donors (Lipinski definition) is 1. The van der Waals surface area contributed by atoms with Crippen molar-refractivity contribution in [2.45, 2.75) is 13.3 Å². The number of halogens is 2. The van der Waals surface area contributed by atoms with E-state index in [-0.39, 0.29) is 16.6 Å². The molecule has 0 fully saturated rings. The van der Waals surface area contributed by atoms with Gasteiger partial charge < -0.3 is 9.84 Å². The monoisotopic (exact) mass is 311 g/mol. The molecule has 2 rings (SSSR count). The Bertz CT molecular complexity index is 659. The van der Waals surface area contributed by atoms with Gasteiger partial charge in [-0.25, -0.2) is 9.78 Å². The van der Waals surface area contributed by atoms with Crippen molar-refractivity contribution in [1.29, 1.82) is 0 Å². The zero-order chi connectivity index (χ0) is 14.7. The van der Waals surface area contributed by atoms with Crippen LogP contribution in [0.15, 0.2) is 30.3 Å². The molecule has 1 aromatic carbocycles. The summed E-state index contributed by atoms with van der Waals surface area (Å²) in [4.78, 5) is 14.8. The van der Waals surface area contributed by atoms with E-state index in [4.69, 9.17) is 33.0 Å². The molecule has 4 nitrogen and oxygen atoms in total. The summed E-state index contributed by atoms with van der Waals surface area (Å²) in [5.74, 6) is -0.501. The second-order valence-electron chi connectivity index (χ2n) is 3.99. The highest BCUT2D eigenvalue weighted by atomic mass is 35.5. The molecule has 0 spiro atoms. The minimum atomic E-state index is -1.20. The van der Waals surface area contributed by atoms with Crippen LogP contribution in [-0.2, 0) is 6.42 Å². The van der Waals surface area contributed by atoms with Gasteiger partial charge in [0.15, 0.2) is 5.69 Å². The molecule has 0 amide bonds. The van der Waals surface area contributed by atoms with Gasteiger partial charge in [0.2, 0.25) is 5.88 Å². The van der Waals surface area contributed by atoms with E-state index in [1.54, 1.807) is 18.2 Å². The molecule has 0 saturated heterocycles. The van der Waals surface area contributed by atoms with Crippen LogP contribution in [0, 0.1) is 0 Å². The number of hydrogen-bond acceptors (Lipinski definition) is 3. The van der Waals surface area contributed by atoms with Crippen molar-refractivity contribution in [3.05, 3.63) is 51.6 Å². The van der Waals surface area contributed by atoms with Crippen molar-refractivity contribution in [1.82, 2.24) is 4.98 Å². The molecule has 0 radical (unpaired) electrons. The van der Waals surface area contributed by atoms with Gasteiger partial charge in [0.25, 0.3) is 0 Å². The Morgan fingerprint density at radius 3 is 2.60 bits per heavy atom. The molecule has 20 heavy (non-hydrogen) atoms. The summed E-state index contributed by atoms with van der Waals surface area (Å²) >= 11 is 11.8.